The highest BCUT2D eigenvalue weighted by atomic mass is 35.5. The van der Waals surface area contributed by atoms with Gasteiger partial charge >= 0.3 is 0 Å². The van der Waals surface area contributed by atoms with Crippen LogP contribution in [0.1, 0.15) is 36.3 Å². The molecule has 5 nitrogen and oxygen atoms in total. The van der Waals surface area contributed by atoms with Crippen molar-refractivity contribution in [2.75, 3.05) is 0 Å². The molecule has 1 aliphatic heterocycles. The second-order valence-electron chi connectivity index (χ2n) is 6.60. The number of halogens is 1. The van der Waals surface area contributed by atoms with Crippen molar-refractivity contribution in [2.24, 2.45) is 0 Å². The predicted molar refractivity (Wildman–Crippen MR) is 99.4 cm³/mol. The highest BCUT2D eigenvalue weighted by Gasteiger charge is 2.33. The van der Waals surface area contributed by atoms with Gasteiger partial charge in [-0.15, -0.1) is 16.4 Å². The third kappa shape index (κ3) is 2.88. The largest absolute Gasteiger partial charge is 0.369 e. The monoisotopic (exact) mass is 375 g/mol. The minimum absolute atomic E-state index is 0.109. The van der Waals surface area contributed by atoms with Crippen molar-refractivity contribution in [1.82, 2.24) is 15.0 Å². The molecule has 1 aliphatic rings. The van der Waals surface area contributed by atoms with Crippen molar-refractivity contribution < 1.29 is 4.74 Å². The van der Waals surface area contributed by atoms with Gasteiger partial charge in [0.2, 0.25) is 0 Å². The van der Waals surface area contributed by atoms with Gasteiger partial charge in [-0.25, -0.2) is 4.68 Å². The molecule has 0 spiro atoms. The molecule has 0 saturated carbocycles. The summed E-state index contributed by atoms with van der Waals surface area (Å²) < 4.78 is 7.39. The number of ether oxygens (including phenoxy) is 1. The molecule has 25 heavy (non-hydrogen) atoms. The number of aromatic nitrogens is 3. The minimum Gasteiger partial charge on any atom is -0.369 e. The smallest absolute Gasteiger partial charge is 0.279 e. The van der Waals surface area contributed by atoms with Crippen molar-refractivity contribution in [1.29, 1.82) is 0 Å². The van der Waals surface area contributed by atoms with Gasteiger partial charge in [-0.3, -0.25) is 4.79 Å². The van der Waals surface area contributed by atoms with Crippen molar-refractivity contribution in [3.05, 3.63) is 55.6 Å². The average Bonchev–Trinajstić information content (AvgIpc) is 2.97. The first kappa shape index (κ1) is 16.7. The third-order valence-corrected chi connectivity index (χ3v) is 6.35. The van der Waals surface area contributed by atoms with E-state index >= 15 is 0 Å². The summed E-state index contributed by atoms with van der Waals surface area (Å²) >= 11 is 7.72. The Balaban J connectivity index is 1.82. The second-order valence-corrected chi connectivity index (χ2v) is 8.09. The maximum absolute atomic E-state index is 13.1. The van der Waals surface area contributed by atoms with Gasteiger partial charge in [0.15, 0.2) is 4.83 Å². The molecule has 7 heteroatoms. The van der Waals surface area contributed by atoms with Crippen LogP contribution in [-0.2, 0) is 24.3 Å². The van der Waals surface area contributed by atoms with Crippen LogP contribution in [0.15, 0.2) is 29.1 Å². The molecule has 3 aromatic rings. The third-order valence-electron chi connectivity index (χ3n) is 4.89. The summed E-state index contributed by atoms with van der Waals surface area (Å²) in [5.74, 6) is 0. The predicted octanol–water partition coefficient (Wildman–Crippen LogP) is 3.80. The number of hydrogen-bond donors (Lipinski definition) is 0. The van der Waals surface area contributed by atoms with Gasteiger partial charge in [-0.05, 0) is 30.5 Å². The molecular formula is C18H18ClN3O2S. The number of nitrogens with zero attached hydrogens (tertiary/aromatic N) is 3. The first-order valence-electron chi connectivity index (χ1n) is 8.26. The summed E-state index contributed by atoms with van der Waals surface area (Å²) in [5, 5.41) is 9.69. The van der Waals surface area contributed by atoms with Crippen LogP contribution in [0.3, 0.4) is 0 Å². The van der Waals surface area contributed by atoms with Gasteiger partial charge in [0.05, 0.1) is 24.1 Å². The normalized spacial score (nSPS) is 20.0. The van der Waals surface area contributed by atoms with Crippen LogP contribution in [0.25, 0.3) is 10.2 Å². The lowest BCUT2D eigenvalue weighted by Crippen LogP contribution is -2.34. The zero-order valence-electron chi connectivity index (χ0n) is 14.1. The number of fused-ring (bicyclic) bond motifs is 3. The Morgan fingerprint density at radius 1 is 1.40 bits per heavy atom. The molecule has 0 fully saturated rings. The minimum atomic E-state index is -0.232. The quantitative estimate of drug-likeness (QED) is 0.698. The Morgan fingerprint density at radius 2 is 2.20 bits per heavy atom. The fraction of sp³-hybridized carbons (Fsp3) is 0.389. The lowest BCUT2D eigenvalue weighted by atomic mass is 9.90. The maximum Gasteiger partial charge on any atom is 0.279 e. The lowest BCUT2D eigenvalue weighted by Gasteiger charge is -2.32. The molecule has 0 bridgehead atoms. The van der Waals surface area contributed by atoms with Gasteiger partial charge in [0.1, 0.15) is 0 Å². The molecule has 1 atom stereocenters. The first-order chi connectivity index (χ1) is 12.0. The van der Waals surface area contributed by atoms with Crippen LogP contribution in [0.2, 0.25) is 5.02 Å². The SMILES string of the molecule is CC[C@@]1(C)Cc2c(sc3nnn(Cc4ccccc4Cl)c(=O)c23)CO1. The highest BCUT2D eigenvalue weighted by molar-refractivity contribution is 7.18. The summed E-state index contributed by atoms with van der Waals surface area (Å²) in [6.07, 6.45) is 1.63. The molecule has 1 aromatic carbocycles. The van der Waals surface area contributed by atoms with Crippen molar-refractivity contribution in [2.45, 2.75) is 45.4 Å². The molecule has 0 unspecified atom stereocenters. The van der Waals surface area contributed by atoms with Crippen LogP contribution >= 0.6 is 22.9 Å². The van der Waals surface area contributed by atoms with E-state index in [1.54, 1.807) is 0 Å². The van der Waals surface area contributed by atoms with Gasteiger partial charge in [0.25, 0.3) is 5.56 Å². The van der Waals surface area contributed by atoms with E-state index in [0.717, 1.165) is 28.8 Å². The summed E-state index contributed by atoms with van der Waals surface area (Å²) in [6, 6.07) is 7.47. The molecule has 2 aromatic heterocycles. The molecule has 0 amide bonds. The van der Waals surface area contributed by atoms with Gasteiger partial charge < -0.3 is 4.74 Å². The summed E-state index contributed by atoms with van der Waals surface area (Å²) in [5.41, 5.74) is 1.58. The molecule has 0 radical (unpaired) electrons. The fourth-order valence-corrected chi connectivity index (χ4v) is 4.37. The summed E-state index contributed by atoms with van der Waals surface area (Å²) in [6.45, 7) is 5.05. The zero-order valence-corrected chi connectivity index (χ0v) is 15.7. The molecule has 0 N–H and O–H groups in total. The number of hydrogen-bond acceptors (Lipinski definition) is 5. The molecule has 0 saturated heterocycles. The molecule has 130 valence electrons. The van der Waals surface area contributed by atoms with Crippen LogP contribution in [0, 0.1) is 0 Å². The van der Waals surface area contributed by atoms with E-state index in [1.807, 2.05) is 24.3 Å². The van der Waals surface area contributed by atoms with Gasteiger partial charge in [0, 0.05) is 16.3 Å². The summed E-state index contributed by atoms with van der Waals surface area (Å²) in [4.78, 5) is 14.8. The van der Waals surface area contributed by atoms with E-state index in [-0.39, 0.29) is 11.2 Å². The Morgan fingerprint density at radius 3 is 2.96 bits per heavy atom. The van der Waals surface area contributed by atoms with E-state index in [0.29, 0.717) is 28.4 Å². The highest BCUT2D eigenvalue weighted by Crippen LogP contribution is 2.37. The lowest BCUT2D eigenvalue weighted by molar-refractivity contribution is -0.0543. The van der Waals surface area contributed by atoms with E-state index < -0.39 is 0 Å². The van der Waals surface area contributed by atoms with Crippen molar-refractivity contribution in [3.8, 4) is 0 Å². The Bertz CT molecular complexity index is 1010. The summed E-state index contributed by atoms with van der Waals surface area (Å²) in [7, 11) is 0. The second kappa shape index (κ2) is 6.20. The van der Waals surface area contributed by atoms with Crippen LogP contribution in [0.5, 0.6) is 0 Å². The van der Waals surface area contributed by atoms with E-state index in [9.17, 15) is 4.79 Å². The zero-order chi connectivity index (χ0) is 17.6. The average molecular weight is 376 g/mol. The fourth-order valence-electron chi connectivity index (χ4n) is 3.14. The Labute approximate surface area is 154 Å². The molecular weight excluding hydrogens is 358 g/mol. The van der Waals surface area contributed by atoms with E-state index in [2.05, 4.69) is 24.2 Å². The van der Waals surface area contributed by atoms with E-state index in [1.165, 1.54) is 16.0 Å². The molecule has 4 rings (SSSR count). The van der Waals surface area contributed by atoms with Crippen LogP contribution in [0.4, 0.5) is 0 Å². The molecule has 0 aliphatic carbocycles. The number of benzene rings is 1. The number of rotatable bonds is 3. The van der Waals surface area contributed by atoms with Gasteiger partial charge in [-0.2, -0.15) is 0 Å². The molecule has 3 heterocycles. The maximum atomic E-state index is 13.1. The Hall–Kier alpha value is -1.76. The number of thiophene rings is 1. The topological polar surface area (TPSA) is 57.0 Å². The van der Waals surface area contributed by atoms with Crippen molar-refractivity contribution in [3.63, 3.8) is 0 Å². The van der Waals surface area contributed by atoms with Crippen LogP contribution in [-0.4, -0.2) is 20.6 Å². The van der Waals surface area contributed by atoms with Crippen molar-refractivity contribution >= 4 is 33.2 Å². The van der Waals surface area contributed by atoms with Gasteiger partial charge in [-0.1, -0.05) is 41.9 Å². The Kier molecular flexibility index (Phi) is 4.14. The van der Waals surface area contributed by atoms with E-state index in [4.69, 9.17) is 16.3 Å². The standard InChI is InChI=1S/C18H18ClN3O2S/c1-3-18(2)8-12-14(10-24-18)25-16-15(12)17(23)22(21-20-16)9-11-6-4-5-7-13(11)19/h4-7H,3,8-10H2,1-2H3/t18-/m0/s1. The first-order valence-corrected chi connectivity index (χ1v) is 9.45. The van der Waals surface area contributed by atoms with Crippen LogP contribution < -0.4 is 5.56 Å².